The Morgan fingerprint density at radius 2 is 2.20 bits per heavy atom. The van der Waals surface area contributed by atoms with Gasteiger partial charge in [0.1, 0.15) is 6.17 Å². The van der Waals surface area contributed by atoms with Crippen molar-refractivity contribution in [1.82, 2.24) is 4.90 Å². The van der Waals surface area contributed by atoms with E-state index in [1.807, 2.05) is 7.05 Å². The van der Waals surface area contributed by atoms with Crippen LogP contribution >= 0.6 is 0 Å². The summed E-state index contributed by atoms with van der Waals surface area (Å²) in [6.07, 6.45) is 0.435. The van der Waals surface area contributed by atoms with Crippen LogP contribution < -0.4 is 0 Å². The molecule has 0 bridgehead atoms. The molecule has 0 amide bonds. The van der Waals surface area contributed by atoms with Crippen LogP contribution in [0.15, 0.2) is 0 Å². The van der Waals surface area contributed by atoms with Crippen molar-refractivity contribution in [3.63, 3.8) is 0 Å². The molecule has 0 aromatic rings. The first-order chi connectivity index (χ1) is 4.61. The lowest BCUT2D eigenvalue weighted by Crippen LogP contribution is -2.56. The average Bonchev–Trinajstić information content (AvgIpc) is 1.84. The molecular formula is C8H16FN. The van der Waals surface area contributed by atoms with E-state index in [9.17, 15) is 4.39 Å². The molecule has 0 aliphatic carbocycles. The highest BCUT2D eigenvalue weighted by Gasteiger charge is 2.36. The van der Waals surface area contributed by atoms with Gasteiger partial charge >= 0.3 is 0 Å². The topological polar surface area (TPSA) is 3.24 Å². The van der Waals surface area contributed by atoms with Gasteiger partial charge in [-0.15, -0.1) is 0 Å². The molecule has 0 spiro atoms. The minimum Gasteiger partial charge on any atom is -0.298 e. The Labute approximate surface area is 62.2 Å². The number of likely N-dealkylation sites (tertiary alicyclic amines) is 1. The Kier molecular flexibility index (Phi) is 2.29. The zero-order valence-corrected chi connectivity index (χ0v) is 6.97. The molecule has 60 valence electrons. The fraction of sp³-hybridized carbons (Fsp3) is 1.00. The molecule has 1 nitrogen and oxygen atoms in total. The van der Waals surface area contributed by atoms with E-state index in [1.165, 1.54) is 0 Å². The summed E-state index contributed by atoms with van der Waals surface area (Å²) in [6, 6.07) is 0.208. The Balaban J connectivity index is 2.26. The van der Waals surface area contributed by atoms with E-state index in [-0.39, 0.29) is 6.04 Å². The first-order valence-corrected chi connectivity index (χ1v) is 3.95. The van der Waals surface area contributed by atoms with Crippen LogP contribution in [0.4, 0.5) is 4.39 Å². The van der Waals surface area contributed by atoms with Crippen molar-refractivity contribution in [2.24, 2.45) is 5.92 Å². The summed E-state index contributed by atoms with van der Waals surface area (Å²) >= 11 is 0. The molecule has 2 atom stereocenters. The average molecular weight is 145 g/mol. The maximum atomic E-state index is 12.8. The van der Waals surface area contributed by atoms with Crippen LogP contribution in [-0.4, -0.2) is 30.7 Å². The zero-order chi connectivity index (χ0) is 7.72. The summed E-state index contributed by atoms with van der Waals surface area (Å²) in [7, 11) is 1.99. The maximum absolute atomic E-state index is 12.8. The highest BCUT2D eigenvalue weighted by Crippen LogP contribution is 2.24. The van der Waals surface area contributed by atoms with E-state index in [1.54, 1.807) is 0 Å². The van der Waals surface area contributed by atoms with Gasteiger partial charge in [-0.1, -0.05) is 13.8 Å². The van der Waals surface area contributed by atoms with Gasteiger partial charge in [0.25, 0.3) is 0 Å². The van der Waals surface area contributed by atoms with E-state index in [2.05, 4.69) is 18.7 Å². The van der Waals surface area contributed by atoms with Gasteiger partial charge in [0.15, 0.2) is 0 Å². The minimum absolute atomic E-state index is 0.208. The standard InChI is InChI=1S/C8H16FN/c1-6(2)4-8-7(9)5-10(8)3/h6-8H,4-5H2,1-3H3/t7-,8?/m1/s1. The van der Waals surface area contributed by atoms with Crippen LogP contribution in [0.5, 0.6) is 0 Å². The van der Waals surface area contributed by atoms with Crippen LogP contribution in [0.2, 0.25) is 0 Å². The van der Waals surface area contributed by atoms with Crippen molar-refractivity contribution in [1.29, 1.82) is 0 Å². The molecule has 10 heavy (non-hydrogen) atoms. The van der Waals surface area contributed by atoms with Gasteiger partial charge in [0.2, 0.25) is 0 Å². The third-order valence-electron chi connectivity index (χ3n) is 2.16. The van der Waals surface area contributed by atoms with Crippen molar-refractivity contribution in [3.8, 4) is 0 Å². The maximum Gasteiger partial charge on any atom is 0.128 e. The molecule has 1 fully saturated rings. The van der Waals surface area contributed by atoms with E-state index < -0.39 is 6.17 Å². The Hall–Kier alpha value is -0.110. The third kappa shape index (κ3) is 1.48. The molecule has 1 heterocycles. The fourth-order valence-electron chi connectivity index (χ4n) is 1.48. The molecule has 0 aromatic heterocycles. The van der Waals surface area contributed by atoms with Crippen molar-refractivity contribution in [2.75, 3.05) is 13.6 Å². The van der Waals surface area contributed by atoms with Crippen LogP contribution in [0.25, 0.3) is 0 Å². The SMILES string of the molecule is CC(C)CC1[C@H](F)CN1C. The number of alkyl halides is 1. The number of hydrogen-bond acceptors (Lipinski definition) is 1. The summed E-state index contributed by atoms with van der Waals surface area (Å²) in [5.41, 5.74) is 0. The van der Waals surface area contributed by atoms with Crippen LogP contribution in [0, 0.1) is 5.92 Å². The predicted octanol–water partition coefficient (Wildman–Crippen LogP) is 1.68. The highest BCUT2D eigenvalue weighted by molar-refractivity contribution is 4.90. The van der Waals surface area contributed by atoms with Gasteiger partial charge in [-0.25, -0.2) is 4.39 Å². The van der Waals surface area contributed by atoms with E-state index in [0.717, 1.165) is 6.42 Å². The van der Waals surface area contributed by atoms with Crippen LogP contribution in [0.1, 0.15) is 20.3 Å². The second-order valence-electron chi connectivity index (χ2n) is 3.65. The van der Waals surface area contributed by atoms with Crippen molar-refractivity contribution in [2.45, 2.75) is 32.5 Å². The Morgan fingerprint density at radius 3 is 2.40 bits per heavy atom. The monoisotopic (exact) mass is 145 g/mol. The summed E-state index contributed by atoms with van der Waals surface area (Å²) in [4.78, 5) is 2.09. The number of halogens is 1. The second kappa shape index (κ2) is 2.87. The highest BCUT2D eigenvalue weighted by atomic mass is 19.1. The first kappa shape index (κ1) is 7.99. The summed E-state index contributed by atoms with van der Waals surface area (Å²) in [5, 5.41) is 0. The van der Waals surface area contributed by atoms with Crippen LogP contribution in [-0.2, 0) is 0 Å². The lowest BCUT2D eigenvalue weighted by atomic mass is 9.93. The molecule has 1 unspecified atom stereocenters. The van der Waals surface area contributed by atoms with Gasteiger partial charge < -0.3 is 0 Å². The molecule has 1 saturated heterocycles. The molecule has 0 N–H and O–H groups in total. The predicted molar refractivity (Wildman–Crippen MR) is 40.8 cm³/mol. The smallest absolute Gasteiger partial charge is 0.128 e. The number of hydrogen-bond donors (Lipinski definition) is 0. The van der Waals surface area contributed by atoms with E-state index >= 15 is 0 Å². The zero-order valence-electron chi connectivity index (χ0n) is 6.97. The van der Waals surface area contributed by atoms with Crippen LogP contribution in [0.3, 0.4) is 0 Å². The molecule has 0 saturated carbocycles. The number of nitrogens with zero attached hydrogens (tertiary/aromatic N) is 1. The normalized spacial score (nSPS) is 34.5. The third-order valence-corrected chi connectivity index (χ3v) is 2.16. The largest absolute Gasteiger partial charge is 0.298 e. The van der Waals surface area contributed by atoms with Crippen molar-refractivity contribution >= 4 is 0 Å². The Morgan fingerprint density at radius 1 is 1.60 bits per heavy atom. The number of rotatable bonds is 2. The van der Waals surface area contributed by atoms with Gasteiger partial charge in [-0.3, -0.25) is 4.90 Å². The molecule has 1 rings (SSSR count). The second-order valence-corrected chi connectivity index (χ2v) is 3.65. The molecule has 0 radical (unpaired) electrons. The van der Waals surface area contributed by atoms with Crippen molar-refractivity contribution in [3.05, 3.63) is 0 Å². The quantitative estimate of drug-likeness (QED) is 0.571. The summed E-state index contributed by atoms with van der Waals surface area (Å²) in [6.45, 7) is 4.91. The molecule has 2 heteroatoms. The van der Waals surface area contributed by atoms with Gasteiger partial charge in [-0.05, 0) is 19.4 Å². The van der Waals surface area contributed by atoms with Gasteiger partial charge in [0.05, 0.1) is 0 Å². The summed E-state index contributed by atoms with van der Waals surface area (Å²) in [5.74, 6) is 0.617. The van der Waals surface area contributed by atoms with Crippen molar-refractivity contribution < 1.29 is 4.39 Å². The lowest BCUT2D eigenvalue weighted by molar-refractivity contribution is 0.000671. The molecular weight excluding hydrogens is 129 g/mol. The van der Waals surface area contributed by atoms with Gasteiger partial charge in [0, 0.05) is 12.6 Å². The summed E-state index contributed by atoms with van der Waals surface area (Å²) < 4.78 is 12.8. The molecule has 0 aromatic carbocycles. The molecule has 1 aliphatic rings. The Bertz CT molecular complexity index is 106. The minimum atomic E-state index is -0.563. The lowest BCUT2D eigenvalue weighted by Gasteiger charge is -2.42. The van der Waals surface area contributed by atoms with E-state index in [0.29, 0.717) is 12.5 Å². The van der Waals surface area contributed by atoms with Gasteiger partial charge in [-0.2, -0.15) is 0 Å². The fourth-order valence-corrected chi connectivity index (χ4v) is 1.48. The first-order valence-electron chi connectivity index (χ1n) is 3.95. The molecule has 1 aliphatic heterocycles. The van der Waals surface area contributed by atoms with E-state index in [4.69, 9.17) is 0 Å².